The third kappa shape index (κ3) is 2.20. The Morgan fingerprint density at radius 3 is 2.83 bits per heavy atom. The smallest absolute Gasteiger partial charge is 0.355 e. The molecule has 2 N–H and O–H groups in total. The topological polar surface area (TPSA) is 62.2 Å². The molecular formula is C7H10N2O2S. The van der Waals surface area contributed by atoms with Gasteiger partial charge in [0.25, 0.3) is 0 Å². The Kier molecular flexibility index (Phi) is 2.65. The van der Waals surface area contributed by atoms with Gasteiger partial charge in [-0.1, -0.05) is 0 Å². The molecule has 1 aromatic rings. The normalized spacial score (nSPS) is 10.2. The summed E-state index contributed by atoms with van der Waals surface area (Å²) in [7, 11) is 0. The third-order valence-corrected chi connectivity index (χ3v) is 1.91. The van der Waals surface area contributed by atoms with E-state index in [0.717, 1.165) is 0 Å². The fraction of sp³-hybridized carbons (Fsp3) is 0.429. The number of rotatable bonds is 3. The van der Waals surface area contributed by atoms with Gasteiger partial charge in [-0.25, -0.2) is 9.78 Å². The first kappa shape index (κ1) is 8.99. The van der Waals surface area contributed by atoms with Crippen molar-refractivity contribution in [2.24, 2.45) is 0 Å². The molecule has 0 radical (unpaired) electrons. The molecule has 66 valence electrons. The van der Waals surface area contributed by atoms with Crippen molar-refractivity contribution in [2.45, 2.75) is 19.9 Å². The van der Waals surface area contributed by atoms with E-state index in [9.17, 15) is 4.79 Å². The first-order valence-corrected chi connectivity index (χ1v) is 4.43. The van der Waals surface area contributed by atoms with Gasteiger partial charge in [0, 0.05) is 11.4 Å². The average molecular weight is 186 g/mol. The van der Waals surface area contributed by atoms with Crippen LogP contribution >= 0.6 is 11.3 Å². The lowest BCUT2D eigenvalue weighted by Gasteiger charge is -2.03. The van der Waals surface area contributed by atoms with Crippen molar-refractivity contribution < 1.29 is 9.90 Å². The number of aromatic nitrogens is 1. The zero-order chi connectivity index (χ0) is 9.14. The molecule has 0 aromatic carbocycles. The molecule has 1 aromatic heterocycles. The number of hydrogen-bond donors (Lipinski definition) is 2. The molecular weight excluding hydrogens is 176 g/mol. The Morgan fingerprint density at radius 2 is 2.42 bits per heavy atom. The average Bonchev–Trinajstić information content (AvgIpc) is 2.34. The van der Waals surface area contributed by atoms with E-state index < -0.39 is 5.97 Å². The quantitative estimate of drug-likeness (QED) is 0.753. The Bertz CT molecular complexity index is 283. The highest BCUT2D eigenvalue weighted by Crippen LogP contribution is 2.15. The van der Waals surface area contributed by atoms with E-state index in [1.165, 1.54) is 16.7 Å². The van der Waals surface area contributed by atoms with Gasteiger partial charge in [-0.3, -0.25) is 0 Å². The summed E-state index contributed by atoms with van der Waals surface area (Å²) in [6.45, 7) is 3.95. The van der Waals surface area contributed by atoms with Crippen LogP contribution in [0.1, 0.15) is 24.3 Å². The van der Waals surface area contributed by atoms with Crippen LogP contribution in [-0.2, 0) is 0 Å². The van der Waals surface area contributed by atoms with Gasteiger partial charge in [0.2, 0.25) is 0 Å². The minimum atomic E-state index is -0.983. The lowest BCUT2D eigenvalue weighted by Crippen LogP contribution is -2.09. The van der Waals surface area contributed by atoms with Crippen molar-refractivity contribution in [1.82, 2.24) is 4.98 Å². The number of carbonyl (C=O) groups is 1. The van der Waals surface area contributed by atoms with Crippen molar-refractivity contribution in [3.8, 4) is 0 Å². The number of hydrogen-bond acceptors (Lipinski definition) is 4. The Morgan fingerprint density at radius 1 is 1.75 bits per heavy atom. The van der Waals surface area contributed by atoms with Crippen molar-refractivity contribution in [1.29, 1.82) is 0 Å². The molecule has 0 amide bonds. The predicted octanol–water partition coefficient (Wildman–Crippen LogP) is 1.66. The van der Waals surface area contributed by atoms with Crippen LogP contribution in [0.3, 0.4) is 0 Å². The predicted molar refractivity (Wildman–Crippen MR) is 47.8 cm³/mol. The Balaban J connectivity index is 2.71. The van der Waals surface area contributed by atoms with Crippen LogP contribution in [0, 0.1) is 0 Å². The minimum absolute atomic E-state index is 0.100. The standard InChI is InChI=1S/C7H10N2O2S/c1-4(2)8-7-9-5(3-12-7)6(10)11/h3-4H,1-2H3,(H,8,9)(H,10,11). The van der Waals surface area contributed by atoms with Crippen LogP contribution < -0.4 is 5.32 Å². The molecule has 0 atom stereocenters. The molecule has 0 spiro atoms. The number of aromatic carboxylic acids is 1. The molecule has 0 aliphatic carbocycles. The summed E-state index contributed by atoms with van der Waals surface area (Å²) >= 11 is 1.30. The van der Waals surface area contributed by atoms with E-state index in [-0.39, 0.29) is 11.7 Å². The number of thiazole rings is 1. The number of nitrogens with one attached hydrogen (secondary N) is 1. The third-order valence-electron chi connectivity index (χ3n) is 1.14. The monoisotopic (exact) mass is 186 g/mol. The van der Waals surface area contributed by atoms with Crippen LogP contribution in [0.25, 0.3) is 0 Å². The van der Waals surface area contributed by atoms with E-state index in [2.05, 4.69) is 10.3 Å². The maximum Gasteiger partial charge on any atom is 0.355 e. The first-order valence-electron chi connectivity index (χ1n) is 3.55. The van der Waals surface area contributed by atoms with E-state index in [0.29, 0.717) is 5.13 Å². The second-order valence-corrected chi connectivity index (χ2v) is 3.50. The summed E-state index contributed by atoms with van der Waals surface area (Å²) in [5, 5.41) is 13.7. The Labute approximate surface area is 74.3 Å². The fourth-order valence-corrected chi connectivity index (χ4v) is 1.52. The minimum Gasteiger partial charge on any atom is -0.476 e. The fourth-order valence-electron chi connectivity index (χ4n) is 0.685. The van der Waals surface area contributed by atoms with Gasteiger partial charge in [0.15, 0.2) is 10.8 Å². The van der Waals surface area contributed by atoms with Crippen molar-refractivity contribution in [3.63, 3.8) is 0 Å². The number of carboxylic acid groups (broad SMARTS) is 1. The highest BCUT2D eigenvalue weighted by Gasteiger charge is 2.08. The van der Waals surface area contributed by atoms with Gasteiger partial charge in [0.05, 0.1) is 0 Å². The number of anilines is 1. The van der Waals surface area contributed by atoms with Gasteiger partial charge >= 0.3 is 5.97 Å². The number of nitrogens with zero attached hydrogens (tertiary/aromatic N) is 1. The molecule has 0 saturated carbocycles. The molecule has 1 heterocycles. The Hall–Kier alpha value is -1.10. The van der Waals surface area contributed by atoms with E-state index in [1.54, 1.807) is 0 Å². The van der Waals surface area contributed by atoms with Gasteiger partial charge in [-0.15, -0.1) is 11.3 Å². The summed E-state index contributed by atoms with van der Waals surface area (Å²) in [5.41, 5.74) is 0.100. The van der Waals surface area contributed by atoms with Crippen LogP contribution in [0.4, 0.5) is 5.13 Å². The second kappa shape index (κ2) is 3.53. The van der Waals surface area contributed by atoms with E-state index >= 15 is 0 Å². The maximum atomic E-state index is 10.4. The van der Waals surface area contributed by atoms with Crippen LogP contribution in [-0.4, -0.2) is 22.1 Å². The molecule has 4 nitrogen and oxygen atoms in total. The zero-order valence-electron chi connectivity index (χ0n) is 6.87. The molecule has 5 heteroatoms. The van der Waals surface area contributed by atoms with Gasteiger partial charge in [0.1, 0.15) is 0 Å². The zero-order valence-corrected chi connectivity index (χ0v) is 7.68. The van der Waals surface area contributed by atoms with Crippen LogP contribution in [0.5, 0.6) is 0 Å². The van der Waals surface area contributed by atoms with Gasteiger partial charge in [-0.05, 0) is 13.8 Å². The number of carboxylic acids is 1. The summed E-state index contributed by atoms with van der Waals surface area (Å²) in [5.74, 6) is -0.983. The summed E-state index contributed by atoms with van der Waals surface area (Å²) < 4.78 is 0. The summed E-state index contributed by atoms with van der Waals surface area (Å²) in [4.78, 5) is 14.3. The van der Waals surface area contributed by atoms with Gasteiger partial charge in [-0.2, -0.15) is 0 Å². The van der Waals surface area contributed by atoms with E-state index in [1.807, 2.05) is 13.8 Å². The van der Waals surface area contributed by atoms with Gasteiger partial charge < -0.3 is 10.4 Å². The highest BCUT2D eigenvalue weighted by molar-refractivity contribution is 7.13. The maximum absolute atomic E-state index is 10.4. The molecule has 0 bridgehead atoms. The molecule has 0 aliphatic rings. The van der Waals surface area contributed by atoms with Crippen LogP contribution in [0.2, 0.25) is 0 Å². The summed E-state index contributed by atoms with van der Waals surface area (Å²) in [6.07, 6.45) is 0. The molecule has 0 fully saturated rings. The largest absolute Gasteiger partial charge is 0.476 e. The van der Waals surface area contributed by atoms with Crippen LogP contribution in [0.15, 0.2) is 5.38 Å². The highest BCUT2D eigenvalue weighted by atomic mass is 32.1. The van der Waals surface area contributed by atoms with Crippen molar-refractivity contribution in [3.05, 3.63) is 11.1 Å². The lowest BCUT2D eigenvalue weighted by molar-refractivity contribution is 0.0691. The summed E-state index contributed by atoms with van der Waals surface area (Å²) in [6, 6.07) is 0.276. The SMILES string of the molecule is CC(C)Nc1nc(C(=O)O)cs1. The van der Waals surface area contributed by atoms with Crippen molar-refractivity contribution in [2.75, 3.05) is 5.32 Å². The lowest BCUT2D eigenvalue weighted by atomic mass is 10.4. The molecule has 0 unspecified atom stereocenters. The second-order valence-electron chi connectivity index (χ2n) is 2.64. The molecule has 0 aliphatic heterocycles. The molecule has 12 heavy (non-hydrogen) atoms. The van der Waals surface area contributed by atoms with Crippen molar-refractivity contribution >= 4 is 22.4 Å². The molecule has 0 saturated heterocycles. The first-order chi connectivity index (χ1) is 5.59. The molecule has 1 rings (SSSR count). The van der Waals surface area contributed by atoms with E-state index in [4.69, 9.17) is 5.11 Å².